The summed E-state index contributed by atoms with van der Waals surface area (Å²) in [6, 6.07) is -0.751. The van der Waals surface area contributed by atoms with Crippen molar-refractivity contribution in [1.82, 2.24) is 4.72 Å². The van der Waals surface area contributed by atoms with Crippen molar-refractivity contribution in [1.29, 1.82) is 0 Å². The summed E-state index contributed by atoms with van der Waals surface area (Å²) in [5.74, 6) is -0.417. The van der Waals surface area contributed by atoms with Crippen molar-refractivity contribution in [3.8, 4) is 0 Å². The van der Waals surface area contributed by atoms with Crippen LogP contribution in [-0.4, -0.2) is 33.3 Å². The molecule has 6 heteroatoms. The van der Waals surface area contributed by atoms with Crippen molar-refractivity contribution < 1.29 is 17.9 Å². The van der Waals surface area contributed by atoms with Crippen molar-refractivity contribution in [2.45, 2.75) is 90.5 Å². The Morgan fingerprint density at radius 2 is 1.43 bits per heavy atom. The molecule has 0 fully saturated rings. The van der Waals surface area contributed by atoms with Gasteiger partial charge in [0.2, 0.25) is 10.0 Å². The molecular weight excluding hydrogens is 314 g/mol. The summed E-state index contributed by atoms with van der Waals surface area (Å²) in [6.07, 6.45) is 11.0. The average molecular weight is 350 g/mol. The number of sulfonamides is 1. The molecule has 0 amide bonds. The van der Waals surface area contributed by atoms with Gasteiger partial charge in [0.25, 0.3) is 0 Å². The molecule has 0 saturated heterocycles. The molecule has 0 saturated carbocycles. The summed E-state index contributed by atoms with van der Waals surface area (Å²) < 4.78 is 31.3. The zero-order chi connectivity index (χ0) is 17.6. The fraction of sp³-hybridized carbons (Fsp3) is 0.941. The highest BCUT2D eigenvalue weighted by molar-refractivity contribution is 7.89. The minimum Gasteiger partial charge on any atom is -0.468 e. The van der Waals surface area contributed by atoms with E-state index in [1.807, 2.05) is 6.92 Å². The first-order valence-corrected chi connectivity index (χ1v) is 10.7. The van der Waals surface area contributed by atoms with E-state index in [4.69, 9.17) is 0 Å². The predicted molar refractivity (Wildman–Crippen MR) is 94.9 cm³/mol. The Morgan fingerprint density at radius 3 is 1.96 bits per heavy atom. The van der Waals surface area contributed by atoms with Gasteiger partial charge >= 0.3 is 5.97 Å². The molecule has 0 aliphatic carbocycles. The minimum atomic E-state index is -3.42. The van der Waals surface area contributed by atoms with Crippen LogP contribution in [0.15, 0.2) is 0 Å². The van der Waals surface area contributed by atoms with E-state index in [9.17, 15) is 13.2 Å². The molecule has 0 heterocycles. The molecule has 5 nitrogen and oxygen atoms in total. The van der Waals surface area contributed by atoms with Crippen molar-refractivity contribution in [2.24, 2.45) is 0 Å². The third kappa shape index (κ3) is 12.5. The number of hydrogen-bond acceptors (Lipinski definition) is 4. The lowest BCUT2D eigenvalue weighted by atomic mass is 10.1. The van der Waals surface area contributed by atoms with Gasteiger partial charge in [-0.15, -0.1) is 0 Å². The number of esters is 1. The number of rotatable bonds is 15. The summed E-state index contributed by atoms with van der Waals surface area (Å²) in [7, 11) is -2.13. The molecule has 0 bridgehead atoms. The molecule has 0 rings (SSSR count). The van der Waals surface area contributed by atoms with E-state index in [0.29, 0.717) is 12.8 Å². The SMILES string of the molecule is CCCCCCCCCCS(=O)(=O)NC(CCCC)C(=O)OC. The van der Waals surface area contributed by atoms with E-state index in [1.54, 1.807) is 0 Å². The summed E-state index contributed by atoms with van der Waals surface area (Å²) in [4.78, 5) is 11.6. The van der Waals surface area contributed by atoms with Gasteiger partial charge in [0.05, 0.1) is 12.9 Å². The van der Waals surface area contributed by atoms with Gasteiger partial charge < -0.3 is 4.74 Å². The highest BCUT2D eigenvalue weighted by Crippen LogP contribution is 2.10. The Labute approximate surface area is 142 Å². The van der Waals surface area contributed by atoms with Gasteiger partial charge in [-0.25, -0.2) is 13.1 Å². The Bertz CT molecular complexity index is 395. The monoisotopic (exact) mass is 349 g/mol. The molecular formula is C17H35NO4S. The van der Waals surface area contributed by atoms with Crippen LogP contribution in [0.1, 0.15) is 84.5 Å². The molecule has 0 aromatic heterocycles. The van der Waals surface area contributed by atoms with Crippen LogP contribution in [-0.2, 0) is 19.6 Å². The molecule has 23 heavy (non-hydrogen) atoms. The van der Waals surface area contributed by atoms with Gasteiger partial charge in [-0.2, -0.15) is 0 Å². The predicted octanol–water partition coefficient (Wildman–Crippen LogP) is 3.78. The van der Waals surface area contributed by atoms with Crippen LogP contribution in [0.25, 0.3) is 0 Å². The Hall–Kier alpha value is -0.620. The van der Waals surface area contributed by atoms with Gasteiger partial charge in [0, 0.05) is 0 Å². The fourth-order valence-corrected chi connectivity index (χ4v) is 3.83. The summed E-state index contributed by atoms with van der Waals surface area (Å²) in [5.41, 5.74) is 0. The van der Waals surface area contributed by atoms with Gasteiger partial charge in [0.1, 0.15) is 6.04 Å². The first-order valence-electron chi connectivity index (χ1n) is 9.04. The lowest BCUT2D eigenvalue weighted by molar-refractivity contribution is -0.142. The lowest BCUT2D eigenvalue weighted by Crippen LogP contribution is -2.42. The molecule has 0 aliphatic rings. The zero-order valence-corrected chi connectivity index (χ0v) is 15.9. The number of carbonyl (C=O) groups is 1. The van der Waals surface area contributed by atoms with Gasteiger partial charge in [0.15, 0.2) is 0 Å². The number of hydrogen-bond donors (Lipinski definition) is 1. The second-order valence-electron chi connectivity index (χ2n) is 6.13. The average Bonchev–Trinajstić information content (AvgIpc) is 2.53. The van der Waals surface area contributed by atoms with E-state index in [-0.39, 0.29) is 5.75 Å². The van der Waals surface area contributed by atoms with Crippen LogP contribution in [0.4, 0.5) is 0 Å². The van der Waals surface area contributed by atoms with E-state index in [1.165, 1.54) is 39.2 Å². The van der Waals surface area contributed by atoms with Crippen LogP contribution >= 0.6 is 0 Å². The Morgan fingerprint density at radius 1 is 0.913 bits per heavy atom. The van der Waals surface area contributed by atoms with E-state index < -0.39 is 22.0 Å². The number of ether oxygens (including phenoxy) is 1. The second-order valence-corrected chi connectivity index (χ2v) is 8.00. The van der Waals surface area contributed by atoms with Crippen molar-refractivity contribution in [3.05, 3.63) is 0 Å². The highest BCUT2D eigenvalue weighted by Gasteiger charge is 2.24. The molecule has 138 valence electrons. The summed E-state index contributed by atoms with van der Waals surface area (Å²) in [5, 5.41) is 0. The lowest BCUT2D eigenvalue weighted by Gasteiger charge is -2.16. The maximum atomic E-state index is 12.1. The zero-order valence-electron chi connectivity index (χ0n) is 15.1. The standard InChI is InChI=1S/C17H35NO4S/c1-4-6-8-9-10-11-12-13-15-23(20,21)18-16(14-7-5-2)17(19)22-3/h16,18H,4-15H2,1-3H3. The number of carbonyl (C=O) groups excluding carboxylic acids is 1. The topological polar surface area (TPSA) is 72.5 Å². The summed E-state index contributed by atoms with van der Waals surface area (Å²) >= 11 is 0. The number of nitrogens with one attached hydrogen (secondary N) is 1. The van der Waals surface area contributed by atoms with Crippen LogP contribution in [0.2, 0.25) is 0 Å². The summed E-state index contributed by atoms with van der Waals surface area (Å²) in [6.45, 7) is 4.20. The van der Waals surface area contributed by atoms with Crippen molar-refractivity contribution >= 4 is 16.0 Å². The first-order chi connectivity index (χ1) is 11.0. The largest absolute Gasteiger partial charge is 0.468 e. The van der Waals surface area contributed by atoms with E-state index >= 15 is 0 Å². The van der Waals surface area contributed by atoms with Crippen molar-refractivity contribution in [3.63, 3.8) is 0 Å². The third-order valence-electron chi connectivity index (χ3n) is 3.92. The van der Waals surface area contributed by atoms with Gasteiger partial charge in [-0.3, -0.25) is 4.79 Å². The smallest absolute Gasteiger partial charge is 0.323 e. The molecule has 0 aromatic rings. The molecule has 1 unspecified atom stereocenters. The fourth-order valence-electron chi connectivity index (χ4n) is 2.48. The van der Waals surface area contributed by atoms with E-state index in [2.05, 4.69) is 16.4 Å². The third-order valence-corrected chi connectivity index (χ3v) is 5.39. The Balaban J connectivity index is 4.02. The number of methoxy groups -OCH3 is 1. The van der Waals surface area contributed by atoms with Crippen LogP contribution in [0, 0.1) is 0 Å². The molecule has 0 radical (unpaired) electrons. The first kappa shape index (κ1) is 22.4. The minimum absolute atomic E-state index is 0.0849. The second kappa shape index (κ2) is 13.8. The molecule has 0 aromatic carbocycles. The van der Waals surface area contributed by atoms with Crippen LogP contribution in [0.5, 0.6) is 0 Å². The van der Waals surface area contributed by atoms with Gasteiger partial charge in [-0.05, 0) is 12.8 Å². The molecule has 1 atom stereocenters. The highest BCUT2D eigenvalue weighted by atomic mass is 32.2. The number of unbranched alkanes of at least 4 members (excludes halogenated alkanes) is 8. The molecule has 1 N–H and O–H groups in total. The quantitative estimate of drug-likeness (QED) is 0.361. The van der Waals surface area contributed by atoms with Gasteiger partial charge in [-0.1, -0.05) is 71.6 Å². The maximum Gasteiger partial charge on any atom is 0.323 e. The van der Waals surface area contributed by atoms with Crippen LogP contribution in [0.3, 0.4) is 0 Å². The molecule has 0 spiro atoms. The Kier molecular flexibility index (Phi) is 13.4. The van der Waals surface area contributed by atoms with Crippen molar-refractivity contribution in [2.75, 3.05) is 12.9 Å². The molecule has 0 aliphatic heterocycles. The van der Waals surface area contributed by atoms with E-state index in [0.717, 1.165) is 25.7 Å². The normalized spacial score (nSPS) is 13.0. The maximum absolute atomic E-state index is 12.1. The van der Waals surface area contributed by atoms with Crippen LogP contribution < -0.4 is 4.72 Å².